The zero-order valence-electron chi connectivity index (χ0n) is 8.15. The highest BCUT2D eigenvalue weighted by Crippen LogP contribution is 2.33. The van der Waals surface area contributed by atoms with E-state index in [0.29, 0.717) is 11.5 Å². The van der Waals surface area contributed by atoms with Crippen molar-refractivity contribution in [3.05, 3.63) is 51.4 Å². The number of benzene rings is 2. The van der Waals surface area contributed by atoms with Gasteiger partial charge < -0.3 is 9.84 Å². The molecule has 0 fully saturated rings. The number of aromatic hydroxyl groups is 1. The van der Waals surface area contributed by atoms with Gasteiger partial charge in [0.2, 0.25) is 0 Å². The van der Waals surface area contributed by atoms with Gasteiger partial charge >= 0.3 is 0 Å². The summed E-state index contributed by atoms with van der Waals surface area (Å²) in [6, 6.07) is 12.5. The molecule has 0 bridgehead atoms. The highest BCUT2D eigenvalue weighted by molar-refractivity contribution is 9.10. The van der Waals surface area contributed by atoms with Crippen molar-refractivity contribution in [1.29, 1.82) is 0 Å². The van der Waals surface area contributed by atoms with Crippen LogP contribution in [-0.4, -0.2) is 5.11 Å². The van der Waals surface area contributed by atoms with Crippen molar-refractivity contribution in [3.8, 4) is 17.2 Å². The molecule has 0 amide bonds. The molecule has 2 aromatic rings. The molecule has 0 saturated carbocycles. The van der Waals surface area contributed by atoms with E-state index in [1.165, 1.54) is 0 Å². The fourth-order valence-corrected chi connectivity index (χ4v) is 1.82. The normalized spacial score (nSPS) is 10.1. The standard InChI is InChI=1S/C12H8Br2O2/c13-8-1-4-10(5-2-8)16-12-6-3-9(14)7-11(12)15/h1-7,15H. The van der Waals surface area contributed by atoms with Crippen molar-refractivity contribution >= 4 is 31.9 Å². The van der Waals surface area contributed by atoms with E-state index in [-0.39, 0.29) is 5.75 Å². The minimum Gasteiger partial charge on any atom is -0.504 e. The molecule has 0 atom stereocenters. The number of phenolic OH excluding ortho intramolecular Hbond substituents is 1. The van der Waals surface area contributed by atoms with E-state index in [1.807, 2.05) is 30.3 Å². The average molecular weight is 344 g/mol. The lowest BCUT2D eigenvalue weighted by atomic mass is 10.3. The van der Waals surface area contributed by atoms with Gasteiger partial charge in [-0.05, 0) is 42.5 Å². The summed E-state index contributed by atoms with van der Waals surface area (Å²) in [5, 5.41) is 9.64. The second kappa shape index (κ2) is 4.89. The van der Waals surface area contributed by atoms with Gasteiger partial charge in [0.05, 0.1) is 0 Å². The SMILES string of the molecule is Oc1cc(Br)ccc1Oc1ccc(Br)cc1. The summed E-state index contributed by atoms with van der Waals surface area (Å²) in [5.74, 6) is 1.23. The largest absolute Gasteiger partial charge is 0.504 e. The third-order valence-electron chi connectivity index (χ3n) is 1.96. The number of phenols is 1. The van der Waals surface area contributed by atoms with Crippen LogP contribution in [0.1, 0.15) is 0 Å². The molecule has 0 aromatic heterocycles. The molecule has 82 valence electrons. The van der Waals surface area contributed by atoms with Gasteiger partial charge in [0, 0.05) is 8.95 Å². The highest BCUT2D eigenvalue weighted by Gasteiger charge is 2.04. The Morgan fingerprint density at radius 1 is 0.875 bits per heavy atom. The number of halogens is 2. The minimum absolute atomic E-state index is 0.109. The second-order valence-electron chi connectivity index (χ2n) is 3.17. The summed E-state index contributed by atoms with van der Waals surface area (Å²) in [7, 11) is 0. The Kier molecular flexibility index (Phi) is 3.51. The molecular weight excluding hydrogens is 336 g/mol. The van der Waals surface area contributed by atoms with E-state index in [2.05, 4.69) is 31.9 Å². The van der Waals surface area contributed by atoms with Gasteiger partial charge in [0.15, 0.2) is 11.5 Å². The van der Waals surface area contributed by atoms with Crippen molar-refractivity contribution in [1.82, 2.24) is 0 Å². The number of ether oxygens (including phenoxy) is 1. The van der Waals surface area contributed by atoms with Gasteiger partial charge in [0.25, 0.3) is 0 Å². The Hall–Kier alpha value is -1.00. The van der Waals surface area contributed by atoms with Gasteiger partial charge in [-0.3, -0.25) is 0 Å². The number of hydrogen-bond donors (Lipinski definition) is 1. The van der Waals surface area contributed by atoms with Crippen LogP contribution >= 0.6 is 31.9 Å². The summed E-state index contributed by atoms with van der Waals surface area (Å²) in [6.07, 6.45) is 0. The Balaban J connectivity index is 2.23. The maximum atomic E-state index is 9.64. The zero-order chi connectivity index (χ0) is 11.5. The topological polar surface area (TPSA) is 29.5 Å². The van der Waals surface area contributed by atoms with Gasteiger partial charge in [-0.2, -0.15) is 0 Å². The first-order chi connectivity index (χ1) is 7.65. The Labute approximate surface area is 110 Å². The molecule has 0 spiro atoms. The summed E-state index contributed by atoms with van der Waals surface area (Å²) < 4.78 is 7.33. The van der Waals surface area contributed by atoms with Crippen molar-refractivity contribution in [3.63, 3.8) is 0 Å². The third kappa shape index (κ3) is 2.77. The molecule has 0 heterocycles. The fourth-order valence-electron chi connectivity index (χ4n) is 1.21. The molecule has 4 heteroatoms. The van der Waals surface area contributed by atoms with Crippen LogP contribution in [-0.2, 0) is 0 Å². The van der Waals surface area contributed by atoms with E-state index in [9.17, 15) is 5.11 Å². The van der Waals surface area contributed by atoms with Crippen LogP contribution in [0.4, 0.5) is 0 Å². The summed E-state index contributed by atoms with van der Waals surface area (Å²) in [4.78, 5) is 0. The zero-order valence-corrected chi connectivity index (χ0v) is 11.3. The first-order valence-electron chi connectivity index (χ1n) is 4.57. The van der Waals surface area contributed by atoms with E-state index in [4.69, 9.17) is 4.74 Å². The predicted octanol–water partition coefficient (Wildman–Crippen LogP) is 4.71. The maximum absolute atomic E-state index is 9.64. The summed E-state index contributed by atoms with van der Waals surface area (Å²) >= 11 is 6.61. The van der Waals surface area contributed by atoms with E-state index in [0.717, 1.165) is 8.95 Å². The summed E-state index contributed by atoms with van der Waals surface area (Å²) in [6.45, 7) is 0. The van der Waals surface area contributed by atoms with Gasteiger partial charge in [-0.25, -0.2) is 0 Å². The minimum atomic E-state index is 0.109. The van der Waals surface area contributed by atoms with Crippen molar-refractivity contribution in [2.75, 3.05) is 0 Å². The van der Waals surface area contributed by atoms with Gasteiger partial charge in [0.1, 0.15) is 5.75 Å². The first kappa shape index (κ1) is 11.5. The third-order valence-corrected chi connectivity index (χ3v) is 2.98. The predicted molar refractivity (Wildman–Crippen MR) is 70.0 cm³/mol. The molecular formula is C12H8Br2O2. The smallest absolute Gasteiger partial charge is 0.169 e. The Morgan fingerprint density at radius 2 is 1.50 bits per heavy atom. The van der Waals surface area contributed by atoms with Gasteiger partial charge in [-0.15, -0.1) is 0 Å². The first-order valence-corrected chi connectivity index (χ1v) is 6.16. The van der Waals surface area contributed by atoms with E-state index in [1.54, 1.807) is 12.1 Å². The van der Waals surface area contributed by atoms with Crippen molar-refractivity contribution in [2.24, 2.45) is 0 Å². The molecule has 0 radical (unpaired) electrons. The highest BCUT2D eigenvalue weighted by atomic mass is 79.9. The van der Waals surface area contributed by atoms with Crippen LogP contribution in [0.15, 0.2) is 51.4 Å². The van der Waals surface area contributed by atoms with Crippen molar-refractivity contribution in [2.45, 2.75) is 0 Å². The Bertz CT molecular complexity index is 495. The lowest BCUT2D eigenvalue weighted by molar-refractivity contribution is 0.411. The summed E-state index contributed by atoms with van der Waals surface area (Å²) in [5.41, 5.74) is 0. The average Bonchev–Trinajstić information content (AvgIpc) is 2.25. The van der Waals surface area contributed by atoms with Crippen molar-refractivity contribution < 1.29 is 9.84 Å². The van der Waals surface area contributed by atoms with E-state index >= 15 is 0 Å². The molecule has 0 aliphatic carbocycles. The lowest BCUT2D eigenvalue weighted by Crippen LogP contribution is -1.84. The lowest BCUT2D eigenvalue weighted by Gasteiger charge is -2.07. The maximum Gasteiger partial charge on any atom is 0.169 e. The van der Waals surface area contributed by atoms with Gasteiger partial charge in [-0.1, -0.05) is 31.9 Å². The van der Waals surface area contributed by atoms with Crippen LogP contribution in [0.3, 0.4) is 0 Å². The molecule has 2 rings (SSSR count). The molecule has 2 aromatic carbocycles. The second-order valence-corrected chi connectivity index (χ2v) is 5.00. The van der Waals surface area contributed by atoms with Crippen LogP contribution in [0.25, 0.3) is 0 Å². The number of rotatable bonds is 2. The molecule has 2 nitrogen and oxygen atoms in total. The van der Waals surface area contributed by atoms with Crippen LogP contribution in [0, 0.1) is 0 Å². The molecule has 1 N–H and O–H groups in total. The number of hydrogen-bond acceptors (Lipinski definition) is 2. The molecule has 0 aliphatic heterocycles. The molecule has 0 saturated heterocycles. The van der Waals surface area contributed by atoms with Crippen LogP contribution in [0.2, 0.25) is 0 Å². The monoisotopic (exact) mass is 342 g/mol. The Morgan fingerprint density at radius 3 is 2.12 bits per heavy atom. The quantitative estimate of drug-likeness (QED) is 0.855. The van der Waals surface area contributed by atoms with Crippen LogP contribution in [0.5, 0.6) is 17.2 Å². The molecule has 16 heavy (non-hydrogen) atoms. The van der Waals surface area contributed by atoms with E-state index < -0.39 is 0 Å². The van der Waals surface area contributed by atoms with Crippen LogP contribution < -0.4 is 4.74 Å². The fraction of sp³-hybridized carbons (Fsp3) is 0. The molecule has 0 unspecified atom stereocenters. The molecule has 0 aliphatic rings.